The second kappa shape index (κ2) is 4.95. The summed E-state index contributed by atoms with van der Waals surface area (Å²) in [5.74, 6) is 0.717. The molecule has 1 N–H and O–H groups in total. The number of carbonyl (C=O) groups excluding carboxylic acids is 1. The summed E-state index contributed by atoms with van der Waals surface area (Å²) in [4.78, 5) is 19.7. The summed E-state index contributed by atoms with van der Waals surface area (Å²) in [6.45, 7) is 4.05. The van der Waals surface area contributed by atoms with Crippen molar-refractivity contribution in [2.45, 2.75) is 24.8 Å². The summed E-state index contributed by atoms with van der Waals surface area (Å²) < 4.78 is 0. The van der Waals surface area contributed by atoms with E-state index in [9.17, 15) is 4.79 Å². The molecule has 4 heteroatoms. The Morgan fingerprint density at radius 1 is 1.19 bits per heavy atom. The average molecular weight is 283 g/mol. The first kappa shape index (κ1) is 13.0. The van der Waals surface area contributed by atoms with E-state index in [0.29, 0.717) is 12.3 Å². The predicted octanol–water partition coefficient (Wildman–Crippen LogP) is 1.46. The molecular weight excluding hydrogens is 262 g/mol. The molecule has 4 aliphatic heterocycles. The van der Waals surface area contributed by atoms with Crippen LogP contribution >= 0.6 is 0 Å². The fourth-order valence-corrected chi connectivity index (χ4v) is 4.12. The third-order valence-corrected chi connectivity index (χ3v) is 5.25. The van der Waals surface area contributed by atoms with Crippen molar-refractivity contribution < 1.29 is 4.79 Å². The molecule has 5 rings (SSSR count). The van der Waals surface area contributed by atoms with Gasteiger partial charge in [-0.2, -0.15) is 0 Å². The van der Waals surface area contributed by atoms with Crippen LogP contribution in [-0.2, 0) is 4.79 Å². The molecule has 4 nitrogen and oxygen atoms in total. The standard InChI is InChI=1S/C17H21N3O/c21-16-10-15(13-4-2-1-3-5-13)18-11-17(19-16)12-20-8-6-14(17)7-9-20/h1-5,14H,6-12H2,(H,19,21). The number of aliphatic imine (C=N–C) groups is 1. The molecule has 1 atom stereocenters. The number of carbonyl (C=O) groups is 1. The lowest BCUT2D eigenvalue weighted by Crippen LogP contribution is -2.68. The van der Waals surface area contributed by atoms with Crippen LogP contribution in [0.3, 0.4) is 0 Å². The first-order valence-electron chi connectivity index (χ1n) is 7.87. The normalized spacial score (nSPS) is 35.2. The van der Waals surface area contributed by atoms with Gasteiger partial charge in [0.05, 0.1) is 24.2 Å². The quantitative estimate of drug-likeness (QED) is 0.848. The van der Waals surface area contributed by atoms with Crippen LogP contribution in [0.4, 0.5) is 0 Å². The Kier molecular flexibility index (Phi) is 3.07. The van der Waals surface area contributed by atoms with Crippen molar-refractivity contribution in [1.29, 1.82) is 0 Å². The molecule has 3 saturated heterocycles. The van der Waals surface area contributed by atoms with Crippen LogP contribution in [0.15, 0.2) is 35.3 Å². The molecular formula is C17H21N3O. The van der Waals surface area contributed by atoms with E-state index in [0.717, 1.165) is 24.4 Å². The monoisotopic (exact) mass is 283 g/mol. The van der Waals surface area contributed by atoms with E-state index in [1.54, 1.807) is 0 Å². The topological polar surface area (TPSA) is 44.7 Å². The number of fused-ring (bicyclic) bond motifs is 2. The smallest absolute Gasteiger partial charge is 0.226 e. The summed E-state index contributed by atoms with van der Waals surface area (Å²) in [6.07, 6.45) is 2.78. The number of nitrogens with zero attached hydrogens (tertiary/aromatic N) is 2. The minimum Gasteiger partial charge on any atom is -0.347 e. The van der Waals surface area contributed by atoms with Gasteiger partial charge in [0.2, 0.25) is 5.91 Å². The number of rotatable bonds is 1. The van der Waals surface area contributed by atoms with Gasteiger partial charge in [0.1, 0.15) is 0 Å². The highest BCUT2D eigenvalue weighted by Gasteiger charge is 2.48. The zero-order chi connectivity index (χ0) is 14.3. The van der Waals surface area contributed by atoms with E-state index in [1.807, 2.05) is 30.3 Å². The lowest BCUT2D eigenvalue weighted by atomic mass is 9.72. The molecule has 21 heavy (non-hydrogen) atoms. The maximum absolute atomic E-state index is 12.4. The van der Waals surface area contributed by atoms with Gasteiger partial charge in [0.25, 0.3) is 0 Å². The first-order valence-corrected chi connectivity index (χ1v) is 7.87. The third-order valence-electron chi connectivity index (χ3n) is 5.25. The highest BCUT2D eigenvalue weighted by Crippen LogP contribution is 2.36. The summed E-state index contributed by atoms with van der Waals surface area (Å²) in [6, 6.07) is 10.1. The maximum atomic E-state index is 12.4. The van der Waals surface area contributed by atoms with Crippen molar-refractivity contribution in [3.05, 3.63) is 35.9 Å². The van der Waals surface area contributed by atoms with Gasteiger partial charge in [0.15, 0.2) is 0 Å². The van der Waals surface area contributed by atoms with Crippen LogP contribution in [0.2, 0.25) is 0 Å². The zero-order valence-electron chi connectivity index (χ0n) is 12.2. The van der Waals surface area contributed by atoms with Gasteiger partial charge in [-0.1, -0.05) is 30.3 Å². The van der Waals surface area contributed by atoms with Gasteiger partial charge in [-0.05, 0) is 37.4 Å². The van der Waals surface area contributed by atoms with E-state index in [4.69, 9.17) is 4.99 Å². The third kappa shape index (κ3) is 2.27. The van der Waals surface area contributed by atoms with Crippen molar-refractivity contribution in [2.24, 2.45) is 10.9 Å². The predicted molar refractivity (Wildman–Crippen MR) is 82.5 cm³/mol. The van der Waals surface area contributed by atoms with Crippen LogP contribution in [0.1, 0.15) is 24.8 Å². The average Bonchev–Trinajstić information content (AvgIpc) is 2.68. The number of benzene rings is 1. The van der Waals surface area contributed by atoms with Crippen molar-refractivity contribution in [3.63, 3.8) is 0 Å². The van der Waals surface area contributed by atoms with Crippen LogP contribution in [0.25, 0.3) is 0 Å². The summed E-state index contributed by atoms with van der Waals surface area (Å²) >= 11 is 0. The summed E-state index contributed by atoms with van der Waals surface area (Å²) in [7, 11) is 0. The number of nitrogens with one attached hydrogen (secondary N) is 1. The highest BCUT2D eigenvalue weighted by atomic mass is 16.1. The maximum Gasteiger partial charge on any atom is 0.226 e. The van der Waals surface area contributed by atoms with Gasteiger partial charge in [-0.15, -0.1) is 0 Å². The van der Waals surface area contributed by atoms with Crippen LogP contribution in [-0.4, -0.2) is 48.2 Å². The van der Waals surface area contributed by atoms with E-state index in [1.165, 1.54) is 25.9 Å². The molecule has 110 valence electrons. The largest absolute Gasteiger partial charge is 0.347 e. The van der Waals surface area contributed by atoms with E-state index in [2.05, 4.69) is 10.2 Å². The molecule has 0 aliphatic carbocycles. The van der Waals surface area contributed by atoms with Gasteiger partial charge in [-0.3, -0.25) is 9.79 Å². The molecule has 1 unspecified atom stereocenters. The Hall–Kier alpha value is -1.68. The van der Waals surface area contributed by atoms with Crippen LogP contribution in [0.5, 0.6) is 0 Å². The SMILES string of the molecule is O=C1CC(c2ccccc2)=NCC2(CN3CCC2CC3)N1. The second-order valence-electron chi connectivity index (χ2n) is 6.56. The highest BCUT2D eigenvalue weighted by molar-refractivity contribution is 6.11. The molecule has 4 aliphatic rings. The Balaban J connectivity index is 1.65. The van der Waals surface area contributed by atoms with E-state index < -0.39 is 0 Å². The number of amides is 1. The summed E-state index contributed by atoms with van der Waals surface area (Å²) in [5.41, 5.74) is 1.89. The van der Waals surface area contributed by atoms with Crippen molar-refractivity contribution in [1.82, 2.24) is 10.2 Å². The van der Waals surface area contributed by atoms with Crippen molar-refractivity contribution in [3.8, 4) is 0 Å². The van der Waals surface area contributed by atoms with Crippen LogP contribution in [0, 0.1) is 5.92 Å². The number of hydrogen-bond donors (Lipinski definition) is 1. The molecule has 1 aromatic rings. The van der Waals surface area contributed by atoms with Crippen molar-refractivity contribution >= 4 is 11.6 Å². The molecule has 1 amide bonds. The Bertz CT molecular complexity index is 575. The molecule has 3 fully saturated rings. The minimum atomic E-state index is -0.121. The van der Waals surface area contributed by atoms with Gasteiger partial charge in [0, 0.05) is 6.54 Å². The zero-order valence-corrected chi connectivity index (χ0v) is 12.2. The first-order chi connectivity index (χ1) is 10.3. The Morgan fingerprint density at radius 2 is 1.95 bits per heavy atom. The fraction of sp³-hybridized carbons (Fsp3) is 0.529. The fourth-order valence-electron chi connectivity index (χ4n) is 4.12. The Morgan fingerprint density at radius 3 is 2.62 bits per heavy atom. The minimum absolute atomic E-state index is 0.121. The lowest BCUT2D eigenvalue weighted by Gasteiger charge is -2.52. The van der Waals surface area contributed by atoms with E-state index >= 15 is 0 Å². The lowest BCUT2D eigenvalue weighted by molar-refractivity contribution is -0.124. The van der Waals surface area contributed by atoms with Gasteiger partial charge >= 0.3 is 0 Å². The van der Waals surface area contributed by atoms with Crippen LogP contribution < -0.4 is 5.32 Å². The Labute approximate surface area is 125 Å². The molecule has 0 radical (unpaired) electrons. The second-order valence-corrected chi connectivity index (χ2v) is 6.56. The van der Waals surface area contributed by atoms with Gasteiger partial charge < -0.3 is 10.2 Å². The van der Waals surface area contributed by atoms with Gasteiger partial charge in [-0.25, -0.2) is 0 Å². The molecule has 1 aromatic carbocycles. The molecule has 0 saturated carbocycles. The molecule has 4 heterocycles. The molecule has 2 bridgehead atoms. The number of piperidine rings is 3. The number of hydrogen-bond acceptors (Lipinski definition) is 3. The molecule has 1 spiro atoms. The van der Waals surface area contributed by atoms with Crippen molar-refractivity contribution in [2.75, 3.05) is 26.2 Å². The van der Waals surface area contributed by atoms with E-state index in [-0.39, 0.29) is 11.4 Å². The molecule has 0 aromatic heterocycles. The summed E-state index contributed by atoms with van der Waals surface area (Å²) in [5, 5.41) is 3.33.